The Hall–Kier alpha value is -4.27. The normalized spacial score (nSPS) is 11.1. The summed E-state index contributed by atoms with van der Waals surface area (Å²) in [5, 5.41) is 11.2. The van der Waals surface area contributed by atoms with Crippen molar-refractivity contribution in [1.82, 2.24) is 28.9 Å². The quantitative estimate of drug-likeness (QED) is 0.491. The van der Waals surface area contributed by atoms with E-state index in [9.17, 15) is 9.18 Å². The molecule has 0 spiro atoms. The number of imidazole rings is 1. The molecule has 0 radical (unpaired) electrons. The second-order valence-electron chi connectivity index (χ2n) is 6.68. The monoisotopic (exact) mass is 401 g/mol. The fraction of sp³-hybridized carbons (Fsp3) is 0.0476. The maximum atomic E-state index is 13.9. The molecule has 4 aromatic heterocycles. The summed E-state index contributed by atoms with van der Waals surface area (Å²) in [4.78, 5) is 17.0. The Kier molecular flexibility index (Phi) is 4.32. The molecule has 1 amide bonds. The van der Waals surface area contributed by atoms with Gasteiger partial charge in [0.1, 0.15) is 17.2 Å². The molecule has 148 valence electrons. The van der Waals surface area contributed by atoms with E-state index in [1.54, 1.807) is 41.5 Å². The minimum absolute atomic E-state index is 0.173. The summed E-state index contributed by atoms with van der Waals surface area (Å²) in [5.74, 6) is -0.821. The Balaban J connectivity index is 1.28. The number of hydrogen-bond acceptors (Lipinski definition) is 4. The highest BCUT2D eigenvalue weighted by atomic mass is 19.1. The standard InChI is InChI=1S/C21H16FN7O/c22-17-5-1-2-6-19(17)29-10-8-18(26-29)21(30)25-15-11-23-28(13-15)14-16-12-27-9-4-3-7-20(27)24-16/h1-13H,14H2,(H,25,30). The van der Waals surface area contributed by atoms with Crippen LogP contribution in [0.3, 0.4) is 0 Å². The van der Waals surface area contributed by atoms with E-state index in [4.69, 9.17) is 0 Å². The van der Waals surface area contributed by atoms with Gasteiger partial charge in [-0.05, 0) is 30.3 Å². The number of hydrogen-bond donors (Lipinski definition) is 1. The maximum absolute atomic E-state index is 13.9. The number of nitrogens with zero attached hydrogens (tertiary/aromatic N) is 6. The van der Waals surface area contributed by atoms with Crippen LogP contribution < -0.4 is 5.32 Å². The molecular formula is C21H16FN7O. The highest BCUT2D eigenvalue weighted by Gasteiger charge is 2.13. The molecular weight excluding hydrogens is 385 g/mol. The molecule has 8 nitrogen and oxygen atoms in total. The first-order chi connectivity index (χ1) is 14.7. The van der Waals surface area contributed by atoms with Crippen LogP contribution in [-0.2, 0) is 6.54 Å². The van der Waals surface area contributed by atoms with Crippen molar-refractivity contribution in [1.29, 1.82) is 0 Å². The van der Waals surface area contributed by atoms with Crippen LogP contribution in [0.1, 0.15) is 16.2 Å². The summed E-state index contributed by atoms with van der Waals surface area (Å²) in [6.45, 7) is 0.472. The molecule has 0 unspecified atom stereocenters. The van der Waals surface area contributed by atoms with Crippen LogP contribution in [0.4, 0.5) is 10.1 Å². The minimum Gasteiger partial charge on any atom is -0.318 e. The molecule has 0 saturated carbocycles. The van der Waals surface area contributed by atoms with Gasteiger partial charge in [-0.1, -0.05) is 18.2 Å². The Labute approximate surface area is 170 Å². The van der Waals surface area contributed by atoms with Crippen LogP contribution in [0.25, 0.3) is 11.3 Å². The van der Waals surface area contributed by atoms with E-state index in [1.165, 1.54) is 16.8 Å². The lowest BCUT2D eigenvalue weighted by molar-refractivity contribution is 0.102. The van der Waals surface area contributed by atoms with Gasteiger partial charge in [-0.25, -0.2) is 14.1 Å². The fourth-order valence-electron chi connectivity index (χ4n) is 3.16. The maximum Gasteiger partial charge on any atom is 0.276 e. The molecule has 5 rings (SSSR count). The molecule has 9 heteroatoms. The van der Waals surface area contributed by atoms with Gasteiger partial charge in [-0.15, -0.1) is 0 Å². The molecule has 5 aromatic rings. The summed E-state index contributed by atoms with van der Waals surface area (Å²) in [5.41, 5.74) is 2.69. The first kappa shape index (κ1) is 17.8. The van der Waals surface area contributed by atoms with Crippen molar-refractivity contribution in [2.24, 2.45) is 0 Å². The van der Waals surface area contributed by atoms with Crippen LogP contribution in [0.15, 0.2) is 79.5 Å². The summed E-state index contributed by atoms with van der Waals surface area (Å²) in [6.07, 6.45) is 8.68. The third-order valence-corrected chi connectivity index (χ3v) is 4.55. The second-order valence-corrected chi connectivity index (χ2v) is 6.68. The zero-order valence-electron chi connectivity index (χ0n) is 15.7. The molecule has 0 atom stereocenters. The summed E-state index contributed by atoms with van der Waals surface area (Å²) >= 11 is 0. The molecule has 0 aliphatic carbocycles. The number of amides is 1. The average molecular weight is 401 g/mol. The summed E-state index contributed by atoms with van der Waals surface area (Å²) < 4.78 is 18.9. The van der Waals surface area contributed by atoms with Gasteiger partial charge < -0.3 is 9.72 Å². The first-order valence-electron chi connectivity index (χ1n) is 9.23. The smallest absolute Gasteiger partial charge is 0.276 e. The number of benzene rings is 1. The van der Waals surface area contributed by atoms with E-state index in [0.29, 0.717) is 12.2 Å². The van der Waals surface area contributed by atoms with E-state index in [1.807, 2.05) is 35.0 Å². The van der Waals surface area contributed by atoms with E-state index < -0.39 is 11.7 Å². The number of aromatic nitrogens is 6. The van der Waals surface area contributed by atoms with Crippen LogP contribution in [0.2, 0.25) is 0 Å². The van der Waals surface area contributed by atoms with Crippen molar-refractivity contribution in [3.8, 4) is 5.69 Å². The number of para-hydroxylation sites is 1. The number of fused-ring (bicyclic) bond motifs is 1. The van der Waals surface area contributed by atoms with Crippen molar-refractivity contribution >= 4 is 17.2 Å². The number of halogens is 1. The lowest BCUT2D eigenvalue weighted by Crippen LogP contribution is -2.13. The van der Waals surface area contributed by atoms with Crippen molar-refractivity contribution in [3.05, 3.63) is 96.7 Å². The highest BCUT2D eigenvalue weighted by Crippen LogP contribution is 2.14. The highest BCUT2D eigenvalue weighted by molar-refractivity contribution is 6.02. The number of nitrogens with one attached hydrogen (secondary N) is 1. The third kappa shape index (κ3) is 3.44. The first-order valence-corrected chi connectivity index (χ1v) is 9.23. The summed E-state index contributed by atoms with van der Waals surface area (Å²) in [6, 6.07) is 13.6. The van der Waals surface area contributed by atoms with Crippen LogP contribution in [0, 0.1) is 5.82 Å². The Morgan fingerprint density at radius 1 is 1.03 bits per heavy atom. The van der Waals surface area contributed by atoms with Gasteiger partial charge in [0.25, 0.3) is 5.91 Å². The SMILES string of the molecule is O=C(Nc1cnn(Cc2cn3ccccc3n2)c1)c1ccn(-c2ccccc2F)n1. The topological polar surface area (TPSA) is 82.0 Å². The van der Waals surface area contributed by atoms with Gasteiger partial charge in [0.2, 0.25) is 0 Å². The zero-order chi connectivity index (χ0) is 20.5. The zero-order valence-corrected chi connectivity index (χ0v) is 15.7. The second kappa shape index (κ2) is 7.28. The van der Waals surface area contributed by atoms with Gasteiger partial charge in [0, 0.05) is 24.8 Å². The molecule has 0 aliphatic rings. The summed E-state index contributed by atoms with van der Waals surface area (Å²) in [7, 11) is 0. The minimum atomic E-state index is -0.416. The van der Waals surface area contributed by atoms with E-state index >= 15 is 0 Å². The third-order valence-electron chi connectivity index (χ3n) is 4.55. The van der Waals surface area contributed by atoms with Crippen molar-refractivity contribution < 1.29 is 9.18 Å². The Morgan fingerprint density at radius 3 is 2.77 bits per heavy atom. The van der Waals surface area contributed by atoms with Gasteiger partial charge in [-0.3, -0.25) is 9.48 Å². The molecule has 0 bridgehead atoms. The molecule has 0 aliphatic heterocycles. The Bertz CT molecular complexity index is 1320. The molecule has 0 saturated heterocycles. The molecule has 1 N–H and O–H groups in total. The fourth-order valence-corrected chi connectivity index (χ4v) is 3.16. The largest absolute Gasteiger partial charge is 0.318 e. The number of carbonyl (C=O) groups is 1. The van der Waals surface area contributed by atoms with Crippen LogP contribution >= 0.6 is 0 Å². The molecule has 0 fully saturated rings. The van der Waals surface area contributed by atoms with Gasteiger partial charge in [0.05, 0.1) is 24.1 Å². The van der Waals surface area contributed by atoms with Crippen molar-refractivity contribution in [3.63, 3.8) is 0 Å². The predicted octanol–water partition coefficient (Wildman–Crippen LogP) is 3.16. The Morgan fingerprint density at radius 2 is 1.90 bits per heavy atom. The molecule has 4 heterocycles. The molecule has 30 heavy (non-hydrogen) atoms. The predicted molar refractivity (Wildman–Crippen MR) is 108 cm³/mol. The van der Waals surface area contributed by atoms with Gasteiger partial charge in [0.15, 0.2) is 5.69 Å². The number of rotatable bonds is 5. The van der Waals surface area contributed by atoms with Crippen molar-refractivity contribution in [2.75, 3.05) is 5.32 Å². The van der Waals surface area contributed by atoms with Gasteiger partial charge in [-0.2, -0.15) is 10.2 Å². The van der Waals surface area contributed by atoms with E-state index in [-0.39, 0.29) is 11.4 Å². The number of pyridine rings is 1. The van der Waals surface area contributed by atoms with Crippen LogP contribution in [0.5, 0.6) is 0 Å². The number of carbonyl (C=O) groups excluding carboxylic acids is 1. The lowest BCUT2D eigenvalue weighted by Gasteiger charge is -2.02. The lowest BCUT2D eigenvalue weighted by atomic mass is 10.3. The van der Waals surface area contributed by atoms with Crippen LogP contribution in [-0.4, -0.2) is 34.9 Å². The number of anilines is 1. The molecule has 1 aromatic carbocycles. The van der Waals surface area contributed by atoms with E-state index in [2.05, 4.69) is 20.5 Å². The average Bonchev–Trinajstić information content (AvgIpc) is 3.48. The van der Waals surface area contributed by atoms with E-state index in [0.717, 1.165) is 11.3 Å². The van der Waals surface area contributed by atoms with Crippen molar-refractivity contribution in [2.45, 2.75) is 6.54 Å². The van der Waals surface area contributed by atoms with Gasteiger partial charge >= 0.3 is 0 Å².